The summed E-state index contributed by atoms with van der Waals surface area (Å²) in [6.45, 7) is 4.43. The van der Waals surface area contributed by atoms with Crippen LogP contribution in [-0.2, 0) is 0 Å². The van der Waals surface area contributed by atoms with E-state index in [0.29, 0.717) is 5.92 Å². The molecule has 0 spiro atoms. The third-order valence-corrected chi connectivity index (χ3v) is 5.16. The molecule has 0 amide bonds. The molecule has 1 aliphatic heterocycles. The van der Waals surface area contributed by atoms with Crippen molar-refractivity contribution in [1.82, 2.24) is 25.1 Å². The maximum Gasteiger partial charge on any atom is 0.143 e. The Balaban J connectivity index is 1.68. The molecule has 0 unspecified atom stereocenters. The van der Waals surface area contributed by atoms with Crippen molar-refractivity contribution in [3.8, 4) is 11.1 Å². The summed E-state index contributed by atoms with van der Waals surface area (Å²) in [5.41, 5.74) is 4.24. The number of hydrogen-bond acceptors (Lipinski definition) is 4. The van der Waals surface area contributed by atoms with Gasteiger partial charge in [0, 0.05) is 30.2 Å². The van der Waals surface area contributed by atoms with E-state index in [1.165, 1.54) is 12.8 Å². The number of piperidine rings is 1. The van der Waals surface area contributed by atoms with Crippen LogP contribution in [-0.4, -0.2) is 38.2 Å². The van der Waals surface area contributed by atoms with E-state index >= 15 is 0 Å². The minimum atomic E-state index is 0.698. The van der Waals surface area contributed by atoms with Crippen LogP contribution in [0.1, 0.15) is 19.8 Å². The van der Waals surface area contributed by atoms with E-state index < -0.39 is 0 Å². The van der Waals surface area contributed by atoms with Gasteiger partial charge in [-0.25, -0.2) is 9.97 Å². The van der Waals surface area contributed by atoms with Gasteiger partial charge in [-0.1, -0.05) is 13.0 Å². The average Bonchev–Trinajstić information content (AvgIpc) is 3.27. The molecule has 3 aromatic heterocycles. The molecule has 4 heterocycles. The summed E-state index contributed by atoms with van der Waals surface area (Å²) in [5, 5.41) is 9.34. The highest BCUT2D eigenvalue weighted by Crippen LogP contribution is 2.35. The lowest BCUT2D eigenvalue weighted by Crippen LogP contribution is -2.35. The van der Waals surface area contributed by atoms with Gasteiger partial charge in [0.25, 0.3) is 0 Å². The van der Waals surface area contributed by atoms with Gasteiger partial charge < -0.3 is 9.88 Å². The molecule has 0 aliphatic carbocycles. The maximum absolute atomic E-state index is 4.65. The van der Waals surface area contributed by atoms with Crippen molar-refractivity contribution >= 4 is 27.8 Å². The highest BCUT2D eigenvalue weighted by molar-refractivity contribution is 6.02. The quantitative estimate of drug-likeness (QED) is 0.586. The first-order valence-corrected chi connectivity index (χ1v) is 8.80. The van der Waals surface area contributed by atoms with E-state index in [2.05, 4.69) is 55.2 Å². The molecule has 2 N–H and O–H groups in total. The number of hydrogen-bond donors (Lipinski definition) is 2. The lowest BCUT2D eigenvalue weighted by molar-refractivity contribution is 0.445. The minimum absolute atomic E-state index is 0.698. The molecule has 6 nitrogen and oxygen atoms in total. The summed E-state index contributed by atoms with van der Waals surface area (Å²) < 4.78 is 0. The van der Waals surface area contributed by atoms with Crippen LogP contribution in [0.4, 0.5) is 5.82 Å². The van der Waals surface area contributed by atoms with E-state index in [1.54, 1.807) is 6.33 Å². The second-order valence-corrected chi connectivity index (χ2v) is 6.99. The average molecular weight is 332 g/mol. The molecule has 6 heteroatoms. The predicted octanol–water partition coefficient (Wildman–Crippen LogP) is 3.74. The Kier molecular flexibility index (Phi) is 3.23. The Morgan fingerprint density at radius 3 is 3.12 bits per heavy atom. The number of nitrogens with one attached hydrogen (secondary N) is 2. The molecular weight excluding hydrogens is 312 g/mol. The fourth-order valence-electron chi connectivity index (χ4n) is 3.91. The van der Waals surface area contributed by atoms with Crippen LogP contribution in [0.25, 0.3) is 33.1 Å². The van der Waals surface area contributed by atoms with E-state index in [4.69, 9.17) is 0 Å². The van der Waals surface area contributed by atoms with Gasteiger partial charge in [-0.05, 0) is 36.5 Å². The molecule has 1 aliphatic rings. The van der Waals surface area contributed by atoms with Crippen LogP contribution in [0.5, 0.6) is 0 Å². The van der Waals surface area contributed by atoms with Crippen molar-refractivity contribution < 1.29 is 0 Å². The number of aromatic amines is 2. The topological polar surface area (TPSA) is 73.5 Å². The van der Waals surface area contributed by atoms with E-state index in [9.17, 15) is 0 Å². The molecule has 1 saturated heterocycles. The Hall–Kier alpha value is -2.89. The van der Waals surface area contributed by atoms with E-state index in [-0.39, 0.29) is 0 Å². The van der Waals surface area contributed by atoms with Gasteiger partial charge in [-0.2, -0.15) is 5.10 Å². The summed E-state index contributed by atoms with van der Waals surface area (Å²) in [7, 11) is 0. The van der Waals surface area contributed by atoms with Crippen molar-refractivity contribution in [1.29, 1.82) is 0 Å². The van der Waals surface area contributed by atoms with Gasteiger partial charge in [0.2, 0.25) is 0 Å². The first kappa shape index (κ1) is 14.5. The summed E-state index contributed by atoms with van der Waals surface area (Å²) in [6.07, 6.45) is 8.07. The number of nitrogens with zero attached hydrogens (tertiary/aromatic N) is 4. The van der Waals surface area contributed by atoms with Crippen LogP contribution in [0.2, 0.25) is 0 Å². The van der Waals surface area contributed by atoms with Crippen LogP contribution in [0, 0.1) is 5.92 Å². The van der Waals surface area contributed by atoms with Gasteiger partial charge in [-0.15, -0.1) is 0 Å². The highest BCUT2D eigenvalue weighted by atomic mass is 15.2. The standard InChI is InChI=1S/C19H20N6/c1-12-3-2-6-25(10-12)19-17-15(9-20-18(17)21-11-22-19)13-4-5-16-14(7-13)8-23-24-16/h4-5,7-9,11-12H,2-3,6,10H2,1H3,(H,23,24)(H,20,21,22)/t12-/m0/s1. The normalized spacial score (nSPS) is 18.3. The van der Waals surface area contributed by atoms with Crippen molar-refractivity contribution in [3.05, 3.63) is 36.9 Å². The lowest BCUT2D eigenvalue weighted by atomic mass is 9.99. The van der Waals surface area contributed by atoms with Crippen molar-refractivity contribution in [2.45, 2.75) is 19.8 Å². The van der Waals surface area contributed by atoms with E-state index in [0.717, 1.165) is 52.0 Å². The van der Waals surface area contributed by atoms with Gasteiger partial charge in [0.15, 0.2) is 0 Å². The largest absolute Gasteiger partial charge is 0.356 e. The number of fused-ring (bicyclic) bond motifs is 2. The van der Waals surface area contributed by atoms with Crippen molar-refractivity contribution in [2.24, 2.45) is 5.92 Å². The number of aromatic nitrogens is 5. The molecule has 0 saturated carbocycles. The molecular formula is C19H20N6. The molecule has 1 aromatic carbocycles. The number of anilines is 1. The third-order valence-electron chi connectivity index (χ3n) is 5.16. The summed E-state index contributed by atoms with van der Waals surface area (Å²) in [5.74, 6) is 1.74. The molecule has 0 radical (unpaired) electrons. The summed E-state index contributed by atoms with van der Waals surface area (Å²) in [4.78, 5) is 14.8. The molecule has 4 aromatic rings. The van der Waals surface area contributed by atoms with Gasteiger partial charge in [0.05, 0.1) is 17.1 Å². The molecule has 25 heavy (non-hydrogen) atoms. The highest BCUT2D eigenvalue weighted by Gasteiger charge is 2.22. The zero-order valence-corrected chi connectivity index (χ0v) is 14.2. The van der Waals surface area contributed by atoms with Crippen molar-refractivity contribution in [2.75, 3.05) is 18.0 Å². The minimum Gasteiger partial charge on any atom is -0.356 e. The van der Waals surface area contributed by atoms with Crippen LogP contribution in [0.3, 0.4) is 0 Å². The van der Waals surface area contributed by atoms with E-state index in [1.807, 2.05) is 12.4 Å². The first-order valence-electron chi connectivity index (χ1n) is 8.80. The van der Waals surface area contributed by atoms with Crippen LogP contribution >= 0.6 is 0 Å². The molecule has 1 fully saturated rings. The van der Waals surface area contributed by atoms with Gasteiger partial charge in [0.1, 0.15) is 17.8 Å². The lowest BCUT2D eigenvalue weighted by Gasteiger charge is -2.32. The summed E-state index contributed by atoms with van der Waals surface area (Å²) >= 11 is 0. The van der Waals surface area contributed by atoms with Gasteiger partial charge in [-0.3, -0.25) is 5.10 Å². The Bertz CT molecular complexity index is 1050. The second-order valence-electron chi connectivity index (χ2n) is 6.99. The number of H-pyrrole nitrogens is 2. The Labute approximate surface area is 145 Å². The third kappa shape index (κ3) is 2.36. The zero-order valence-electron chi connectivity index (χ0n) is 14.2. The molecule has 0 bridgehead atoms. The fourth-order valence-corrected chi connectivity index (χ4v) is 3.91. The zero-order chi connectivity index (χ0) is 16.8. The Morgan fingerprint density at radius 1 is 1.24 bits per heavy atom. The summed E-state index contributed by atoms with van der Waals surface area (Å²) in [6, 6.07) is 6.36. The molecule has 5 rings (SSSR count). The van der Waals surface area contributed by atoms with Crippen LogP contribution in [0.15, 0.2) is 36.9 Å². The van der Waals surface area contributed by atoms with Crippen LogP contribution < -0.4 is 4.90 Å². The number of rotatable bonds is 2. The molecule has 126 valence electrons. The molecule has 1 atom stereocenters. The SMILES string of the molecule is C[C@H]1CCCN(c2ncnc3[nH]cc(-c4ccc5[nH]ncc5c4)c23)C1. The fraction of sp³-hybridized carbons (Fsp3) is 0.316. The first-order chi connectivity index (χ1) is 12.3. The Morgan fingerprint density at radius 2 is 2.20 bits per heavy atom. The monoisotopic (exact) mass is 332 g/mol. The predicted molar refractivity (Wildman–Crippen MR) is 99.6 cm³/mol. The second kappa shape index (κ2) is 5.58. The van der Waals surface area contributed by atoms with Gasteiger partial charge >= 0.3 is 0 Å². The maximum atomic E-state index is 4.65. The van der Waals surface area contributed by atoms with Crippen molar-refractivity contribution in [3.63, 3.8) is 0 Å². The number of benzene rings is 1. The smallest absolute Gasteiger partial charge is 0.143 e.